The first-order valence-electron chi connectivity index (χ1n) is 11.8. The molecule has 0 atom stereocenters. The van der Waals surface area contributed by atoms with E-state index in [2.05, 4.69) is 5.32 Å². The van der Waals surface area contributed by atoms with E-state index in [1.807, 2.05) is 30.3 Å². The lowest BCUT2D eigenvalue weighted by atomic mass is 9.99. The van der Waals surface area contributed by atoms with Crippen molar-refractivity contribution in [2.45, 2.75) is 6.61 Å². The minimum atomic E-state index is -0.868. The van der Waals surface area contributed by atoms with E-state index in [-0.39, 0.29) is 23.6 Å². The van der Waals surface area contributed by atoms with Crippen molar-refractivity contribution in [3.05, 3.63) is 112 Å². The highest BCUT2D eigenvalue weighted by Gasteiger charge is 2.37. The summed E-state index contributed by atoms with van der Waals surface area (Å²) in [5, 5.41) is 14.9. The van der Waals surface area contributed by atoms with Gasteiger partial charge in [0.15, 0.2) is 0 Å². The lowest BCUT2D eigenvalue weighted by Gasteiger charge is -2.26. The Labute approximate surface area is 222 Å². The van der Waals surface area contributed by atoms with Gasteiger partial charge in [0.2, 0.25) is 0 Å². The molecule has 39 heavy (non-hydrogen) atoms. The summed E-state index contributed by atoms with van der Waals surface area (Å²) in [5.74, 6) is -0.753. The van der Waals surface area contributed by atoms with Crippen LogP contribution in [0.2, 0.25) is 0 Å². The average molecular weight is 524 g/mol. The number of nitro groups is 1. The number of rotatable bonds is 7. The van der Waals surface area contributed by atoms with Gasteiger partial charge >= 0.3 is 6.03 Å². The lowest BCUT2D eigenvalue weighted by molar-refractivity contribution is -0.384. The number of barbiturate groups is 1. The Bertz CT molecular complexity index is 1660. The smallest absolute Gasteiger partial charge is 0.335 e. The number of urea groups is 1. The van der Waals surface area contributed by atoms with Crippen molar-refractivity contribution in [2.75, 3.05) is 12.0 Å². The fourth-order valence-corrected chi connectivity index (χ4v) is 4.24. The van der Waals surface area contributed by atoms with Gasteiger partial charge in [-0.15, -0.1) is 0 Å². The minimum Gasteiger partial charge on any atom is -0.497 e. The van der Waals surface area contributed by atoms with Crippen LogP contribution in [0.1, 0.15) is 11.1 Å². The van der Waals surface area contributed by atoms with Crippen molar-refractivity contribution < 1.29 is 28.8 Å². The molecule has 10 nitrogen and oxygen atoms in total. The number of nitrogens with zero attached hydrogens (tertiary/aromatic N) is 2. The highest BCUT2D eigenvalue weighted by Crippen LogP contribution is 2.33. The summed E-state index contributed by atoms with van der Waals surface area (Å²) in [4.78, 5) is 50.5. The molecule has 5 rings (SSSR count). The normalized spacial score (nSPS) is 14.4. The molecule has 0 saturated carbocycles. The van der Waals surface area contributed by atoms with Crippen LogP contribution < -0.4 is 19.7 Å². The van der Waals surface area contributed by atoms with Crippen LogP contribution in [-0.4, -0.2) is 29.9 Å². The maximum Gasteiger partial charge on any atom is 0.335 e. The average Bonchev–Trinajstić information content (AvgIpc) is 2.94. The first kappa shape index (κ1) is 25.2. The second-order valence-corrected chi connectivity index (χ2v) is 8.57. The Balaban J connectivity index is 1.55. The van der Waals surface area contributed by atoms with E-state index in [1.165, 1.54) is 37.5 Å². The third-order valence-corrected chi connectivity index (χ3v) is 6.17. The van der Waals surface area contributed by atoms with Gasteiger partial charge in [0.05, 0.1) is 17.7 Å². The van der Waals surface area contributed by atoms with Crippen LogP contribution in [0.25, 0.3) is 16.8 Å². The molecule has 1 heterocycles. The SMILES string of the molecule is COc1ccc(N2C(=O)NC(=O)/C(=C\c3c(OCc4cccc([N+](=O)[O-])c4)ccc4ccccc34)C2=O)cc1. The number of benzene rings is 4. The summed E-state index contributed by atoms with van der Waals surface area (Å²) in [7, 11) is 1.50. The predicted octanol–water partition coefficient (Wildman–Crippen LogP) is 5.00. The van der Waals surface area contributed by atoms with Crippen LogP contribution >= 0.6 is 0 Å². The molecule has 0 spiro atoms. The number of nitrogens with one attached hydrogen (secondary N) is 1. The fourth-order valence-electron chi connectivity index (χ4n) is 4.24. The number of fused-ring (bicyclic) bond motifs is 1. The predicted molar refractivity (Wildman–Crippen MR) is 143 cm³/mol. The number of carbonyl (C=O) groups is 3. The second-order valence-electron chi connectivity index (χ2n) is 8.57. The van der Waals surface area contributed by atoms with Crippen molar-refractivity contribution in [1.29, 1.82) is 0 Å². The quantitative estimate of drug-likeness (QED) is 0.156. The second kappa shape index (κ2) is 10.5. The van der Waals surface area contributed by atoms with Gasteiger partial charge in [0.1, 0.15) is 23.7 Å². The first-order chi connectivity index (χ1) is 18.9. The first-order valence-corrected chi connectivity index (χ1v) is 11.8. The molecule has 1 aliphatic rings. The molecule has 0 bridgehead atoms. The van der Waals surface area contributed by atoms with Crippen LogP contribution in [0, 0.1) is 10.1 Å². The Morgan fingerprint density at radius 3 is 2.46 bits per heavy atom. The van der Waals surface area contributed by atoms with E-state index in [9.17, 15) is 24.5 Å². The number of imide groups is 2. The van der Waals surface area contributed by atoms with Gasteiger partial charge in [-0.05, 0) is 52.7 Å². The molecule has 1 aliphatic heterocycles. The zero-order valence-electron chi connectivity index (χ0n) is 20.6. The number of non-ortho nitro benzene ring substituents is 1. The highest BCUT2D eigenvalue weighted by molar-refractivity contribution is 6.39. The summed E-state index contributed by atoms with van der Waals surface area (Å²) in [6.07, 6.45) is 1.39. The topological polar surface area (TPSA) is 128 Å². The molecule has 4 aromatic carbocycles. The maximum atomic E-state index is 13.5. The largest absolute Gasteiger partial charge is 0.497 e. The standard InChI is InChI=1S/C29H21N3O7/c1-38-22-12-10-20(11-13-22)31-28(34)25(27(33)30-29(31)35)16-24-23-8-3-2-6-19(23)9-14-26(24)39-17-18-5-4-7-21(15-18)32(36)37/h2-16H,17H2,1H3,(H,30,33,35)/b25-16+. The van der Waals surface area contributed by atoms with E-state index in [0.29, 0.717) is 28.0 Å². The van der Waals surface area contributed by atoms with Crippen LogP contribution in [0.5, 0.6) is 11.5 Å². The number of methoxy groups -OCH3 is 1. The molecule has 10 heteroatoms. The van der Waals surface area contributed by atoms with E-state index in [0.717, 1.165) is 10.3 Å². The molecule has 1 N–H and O–H groups in total. The number of carbonyl (C=O) groups excluding carboxylic acids is 3. The Hall–Kier alpha value is -5.51. The number of hydrogen-bond acceptors (Lipinski definition) is 7. The van der Waals surface area contributed by atoms with E-state index < -0.39 is 22.8 Å². The van der Waals surface area contributed by atoms with Crippen molar-refractivity contribution in [2.24, 2.45) is 0 Å². The summed E-state index contributed by atoms with van der Waals surface area (Å²) in [5.41, 5.74) is 0.947. The molecular weight excluding hydrogens is 502 g/mol. The highest BCUT2D eigenvalue weighted by atomic mass is 16.6. The molecule has 4 amide bonds. The Kier molecular flexibility index (Phi) is 6.75. The van der Waals surface area contributed by atoms with Gasteiger partial charge in [0, 0.05) is 17.7 Å². The van der Waals surface area contributed by atoms with Crippen LogP contribution in [-0.2, 0) is 16.2 Å². The summed E-state index contributed by atoms with van der Waals surface area (Å²) < 4.78 is 11.2. The van der Waals surface area contributed by atoms with Gasteiger partial charge < -0.3 is 9.47 Å². The Morgan fingerprint density at radius 1 is 0.949 bits per heavy atom. The van der Waals surface area contributed by atoms with E-state index >= 15 is 0 Å². The van der Waals surface area contributed by atoms with Gasteiger partial charge in [0.25, 0.3) is 17.5 Å². The number of amides is 4. The van der Waals surface area contributed by atoms with E-state index in [1.54, 1.807) is 30.3 Å². The van der Waals surface area contributed by atoms with Crippen molar-refractivity contribution in [1.82, 2.24) is 5.32 Å². The number of ether oxygens (including phenoxy) is 2. The van der Waals surface area contributed by atoms with Gasteiger partial charge in [-0.2, -0.15) is 0 Å². The lowest BCUT2D eigenvalue weighted by Crippen LogP contribution is -2.54. The summed E-state index contributed by atoms with van der Waals surface area (Å²) in [6, 6.07) is 22.3. The zero-order chi connectivity index (χ0) is 27.5. The monoisotopic (exact) mass is 523 g/mol. The van der Waals surface area contributed by atoms with Gasteiger partial charge in [-0.1, -0.05) is 42.5 Å². The van der Waals surface area contributed by atoms with Crippen LogP contribution in [0.4, 0.5) is 16.2 Å². The molecule has 0 radical (unpaired) electrons. The maximum absolute atomic E-state index is 13.5. The van der Waals surface area contributed by atoms with Crippen molar-refractivity contribution >= 4 is 46.1 Å². The molecule has 0 unspecified atom stereocenters. The molecule has 1 saturated heterocycles. The molecule has 1 fully saturated rings. The fraction of sp³-hybridized carbons (Fsp3) is 0.0690. The molecule has 4 aromatic rings. The van der Waals surface area contributed by atoms with Crippen LogP contribution in [0.15, 0.2) is 90.5 Å². The third-order valence-electron chi connectivity index (χ3n) is 6.17. The summed E-state index contributed by atoms with van der Waals surface area (Å²) >= 11 is 0. The van der Waals surface area contributed by atoms with E-state index in [4.69, 9.17) is 9.47 Å². The van der Waals surface area contributed by atoms with Crippen molar-refractivity contribution in [3.8, 4) is 11.5 Å². The third kappa shape index (κ3) is 5.03. The summed E-state index contributed by atoms with van der Waals surface area (Å²) in [6.45, 7) is 0.00674. The molecular formula is C29H21N3O7. The van der Waals surface area contributed by atoms with Gasteiger partial charge in [-0.25, -0.2) is 9.69 Å². The van der Waals surface area contributed by atoms with Crippen molar-refractivity contribution in [3.63, 3.8) is 0 Å². The Morgan fingerprint density at radius 2 is 1.72 bits per heavy atom. The molecule has 0 aliphatic carbocycles. The molecule has 194 valence electrons. The number of hydrogen-bond donors (Lipinski definition) is 1. The van der Waals surface area contributed by atoms with Gasteiger partial charge in [-0.3, -0.25) is 25.0 Å². The zero-order valence-corrected chi connectivity index (χ0v) is 20.6. The number of anilines is 1. The van der Waals surface area contributed by atoms with Crippen LogP contribution in [0.3, 0.4) is 0 Å². The minimum absolute atomic E-state index is 0.00674. The molecule has 0 aromatic heterocycles. The number of nitro benzene ring substituents is 1.